The van der Waals surface area contributed by atoms with Gasteiger partial charge in [0.1, 0.15) is 12.6 Å². The summed E-state index contributed by atoms with van der Waals surface area (Å²) in [6.07, 6.45) is 0. The molecule has 1 unspecified atom stereocenters. The van der Waals surface area contributed by atoms with Crippen LogP contribution in [0.2, 0.25) is 0 Å². The summed E-state index contributed by atoms with van der Waals surface area (Å²) in [4.78, 5) is 25.6. The Balaban J connectivity index is 2.32. The summed E-state index contributed by atoms with van der Waals surface area (Å²) in [6.45, 7) is 5.94. The third-order valence-corrected chi connectivity index (χ3v) is 3.13. The maximum absolute atomic E-state index is 12.3. The molecule has 96 valence electrons. The van der Waals surface area contributed by atoms with Crippen LogP contribution in [-0.2, 0) is 9.59 Å². The van der Waals surface area contributed by atoms with E-state index in [1.165, 1.54) is 0 Å². The van der Waals surface area contributed by atoms with E-state index in [1.807, 2.05) is 45.0 Å². The number of nitrogens with one attached hydrogen (secondary N) is 1. The topological polar surface area (TPSA) is 49.4 Å². The fourth-order valence-corrected chi connectivity index (χ4v) is 2.14. The monoisotopic (exact) mass is 246 g/mol. The molecule has 1 saturated heterocycles. The van der Waals surface area contributed by atoms with Crippen molar-refractivity contribution in [2.24, 2.45) is 5.92 Å². The van der Waals surface area contributed by atoms with Gasteiger partial charge in [-0.3, -0.25) is 9.59 Å². The largest absolute Gasteiger partial charge is 0.342 e. The molecule has 0 aromatic heterocycles. The molecule has 1 aliphatic rings. The summed E-state index contributed by atoms with van der Waals surface area (Å²) >= 11 is 0. The van der Waals surface area contributed by atoms with Gasteiger partial charge >= 0.3 is 0 Å². The number of amides is 2. The molecule has 1 N–H and O–H groups in total. The number of hydrogen-bond acceptors (Lipinski definition) is 2. The van der Waals surface area contributed by atoms with E-state index in [1.54, 1.807) is 4.90 Å². The number of rotatable bonds is 2. The molecule has 0 bridgehead atoms. The van der Waals surface area contributed by atoms with Gasteiger partial charge in [0.25, 0.3) is 0 Å². The molecule has 2 rings (SSSR count). The van der Waals surface area contributed by atoms with E-state index in [9.17, 15) is 9.59 Å². The van der Waals surface area contributed by atoms with Gasteiger partial charge in [-0.25, -0.2) is 0 Å². The van der Waals surface area contributed by atoms with Crippen LogP contribution in [0.1, 0.15) is 19.4 Å². The third-order valence-electron chi connectivity index (χ3n) is 3.13. The highest BCUT2D eigenvalue weighted by molar-refractivity contribution is 6.06. The molecule has 1 atom stereocenters. The number of aryl methyl sites for hydroxylation is 1. The summed E-state index contributed by atoms with van der Waals surface area (Å²) in [7, 11) is 0. The first-order valence-electron chi connectivity index (χ1n) is 6.16. The molecule has 1 aromatic rings. The Morgan fingerprint density at radius 2 is 2.06 bits per heavy atom. The van der Waals surface area contributed by atoms with Crippen LogP contribution in [0.4, 0.5) is 5.69 Å². The molecule has 1 fully saturated rings. The Morgan fingerprint density at radius 1 is 1.33 bits per heavy atom. The smallest absolute Gasteiger partial charge is 0.250 e. The van der Waals surface area contributed by atoms with Crippen LogP contribution in [0, 0.1) is 12.8 Å². The fourth-order valence-electron chi connectivity index (χ4n) is 2.14. The van der Waals surface area contributed by atoms with Crippen LogP contribution in [0.3, 0.4) is 0 Å². The Kier molecular flexibility index (Phi) is 3.36. The highest BCUT2D eigenvalue weighted by atomic mass is 16.2. The second-order valence-corrected chi connectivity index (χ2v) is 5.05. The lowest BCUT2D eigenvalue weighted by Crippen LogP contribution is -2.60. The van der Waals surface area contributed by atoms with Crippen molar-refractivity contribution in [3.63, 3.8) is 0 Å². The number of benzene rings is 1. The van der Waals surface area contributed by atoms with Gasteiger partial charge in [-0.05, 0) is 30.5 Å². The first kappa shape index (κ1) is 12.6. The van der Waals surface area contributed by atoms with Crippen molar-refractivity contribution in [3.05, 3.63) is 29.8 Å². The van der Waals surface area contributed by atoms with Gasteiger partial charge < -0.3 is 10.2 Å². The van der Waals surface area contributed by atoms with Crippen LogP contribution in [0.25, 0.3) is 0 Å². The fraction of sp³-hybridized carbons (Fsp3) is 0.429. The molecule has 18 heavy (non-hydrogen) atoms. The van der Waals surface area contributed by atoms with E-state index in [2.05, 4.69) is 5.32 Å². The summed E-state index contributed by atoms with van der Waals surface area (Å²) < 4.78 is 0. The quantitative estimate of drug-likeness (QED) is 0.859. The van der Waals surface area contributed by atoms with E-state index in [0.717, 1.165) is 11.3 Å². The molecule has 0 radical (unpaired) electrons. The molecular weight excluding hydrogens is 228 g/mol. The van der Waals surface area contributed by atoms with Gasteiger partial charge in [-0.2, -0.15) is 0 Å². The number of carbonyl (C=O) groups is 2. The molecular formula is C14H18N2O2. The lowest BCUT2D eigenvalue weighted by molar-refractivity contribution is -0.132. The van der Waals surface area contributed by atoms with Gasteiger partial charge in [0.15, 0.2) is 0 Å². The normalized spacial score (nSPS) is 20.2. The molecule has 0 saturated carbocycles. The second kappa shape index (κ2) is 4.80. The highest BCUT2D eigenvalue weighted by Gasteiger charge is 2.35. The van der Waals surface area contributed by atoms with E-state index in [0.29, 0.717) is 0 Å². The van der Waals surface area contributed by atoms with Crippen LogP contribution in [-0.4, -0.2) is 24.4 Å². The van der Waals surface area contributed by atoms with Crippen molar-refractivity contribution in [1.29, 1.82) is 0 Å². The third kappa shape index (κ3) is 2.37. The maximum atomic E-state index is 12.3. The van der Waals surface area contributed by atoms with E-state index in [-0.39, 0.29) is 24.3 Å². The SMILES string of the molecule is Cc1cccc(N2CC(=O)NC(C(C)C)C2=O)c1. The minimum absolute atomic E-state index is 0.0322. The maximum Gasteiger partial charge on any atom is 0.250 e. The molecule has 2 amide bonds. The van der Waals surface area contributed by atoms with Crippen molar-refractivity contribution >= 4 is 17.5 Å². The standard InChI is InChI=1S/C14H18N2O2/c1-9(2)13-14(18)16(8-12(17)15-13)11-6-4-5-10(3)7-11/h4-7,9,13H,8H2,1-3H3,(H,15,17). The van der Waals surface area contributed by atoms with Gasteiger partial charge in [0.2, 0.25) is 11.8 Å². The number of piperazine rings is 1. The number of hydrogen-bond donors (Lipinski definition) is 1. The zero-order chi connectivity index (χ0) is 13.3. The number of carbonyl (C=O) groups excluding carboxylic acids is 2. The average molecular weight is 246 g/mol. The van der Waals surface area contributed by atoms with E-state index >= 15 is 0 Å². The van der Waals surface area contributed by atoms with Crippen LogP contribution < -0.4 is 10.2 Å². The average Bonchev–Trinajstić information content (AvgIpc) is 2.31. The van der Waals surface area contributed by atoms with E-state index in [4.69, 9.17) is 0 Å². The molecule has 0 spiro atoms. The Hall–Kier alpha value is -1.84. The Labute approximate surface area is 107 Å². The highest BCUT2D eigenvalue weighted by Crippen LogP contribution is 2.20. The zero-order valence-electron chi connectivity index (χ0n) is 10.9. The van der Waals surface area contributed by atoms with Crippen molar-refractivity contribution in [2.45, 2.75) is 26.8 Å². The van der Waals surface area contributed by atoms with Gasteiger partial charge in [-0.15, -0.1) is 0 Å². The summed E-state index contributed by atoms with van der Waals surface area (Å²) in [5.74, 6) is -0.0425. The molecule has 0 aliphatic carbocycles. The summed E-state index contributed by atoms with van der Waals surface area (Å²) in [6, 6.07) is 7.23. The molecule has 1 aromatic carbocycles. The predicted molar refractivity (Wildman–Crippen MR) is 70.3 cm³/mol. The van der Waals surface area contributed by atoms with Gasteiger partial charge in [0, 0.05) is 5.69 Å². The number of anilines is 1. The zero-order valence-corrected chi connectivity index (χ0v) is 10.9. The van der Waals surface area contributed by atoms with Crippen LogP contribution in [0.5, 0.6) is 0 Å². The summed E-state index contributed by atoms with van der Waals surface area (Å²) in [5.41, 5.74) is 1.87. The van der Waals surface area contributed by atoms with Crippen molar-refractivity contribution in [2.75, 3.05) is 11.4 Å². The molecule has 4 heteroatoms. The van der Waals surface area contributed by atoms with E-state index < -0.39 is 6.04 Å². The van der Waals surface area contributed by atoms with Crippen LogP contribution in [0.15, 0.2) is 24.3 Å². The van der Waals surface area contributed by atoms with Gasteiger partial charge in [0.05, 0.1) is 0 Å². The molecule has 4 nitrogen and oxygen atoms in total. The molecule has 1 aliphatic heterocycles. The first-order valence-corrected chi connectivity index (χ1v) is 6.16. The van der Waals surface area contributed by atoms with Crippen molar-refractivity contribution in [1.82, 2.24) is 5.32 Å². The van der Waals surface area contributed by atoms with Crippen molar-refractivity contribution in [3.8, 4) is 0 Å². The minimum Gasteiger partial charge on any atom is -0.342 e. The number of nitrogens with zero attached hydrogens (tertiary/aromatic N) is 1. The Morgan fingerprint density at radius 3 is 2.67 bits per heavy atom. The predicted octanol–water partition coefficient (Wildman–Crippen LogP) is 1.48. The second-order valence-electron chi connectivity index (χ2n) is 5.05. The van der Waals surface area contributed by atoms with Gasteiger partial charge in [-0.1, -0.05) is 26.0 Å². The Bertz CT molecular complexity index is 482. The minimum atomic E-state index is -0.424. The lowest BCUT2D eigenvalue weighted by atomic mass is 10.00. The molecule has 1 heterocycles. The lowest BCUT2D eigenvalue weighted by Gasteiger charge is -2.34. The first-order chi connectivity index (χ1) is 8.49. The van der Waals surface area contributed by atoms with Crippen LogP contribution >= 0.6 is 0 Å². The van der Waals surface area contributed by atoms with Crippen molar-refractivity contribution < 1.29 is 9.59 Å². The summed E-state index contributed by atoms with van der Waals surface area (Å²) in [5, 5.41) is 2.75.